The van der Waals surface area contributed by atoms with E-state index in [1.54, 1.807) is 0 Å². The molecule has 112 valence electrons. The molecule has 0 bridgehead atoms. The van der Waals surface area contributed by atoms with E-state index in [1.807, 2.05) is 22.6 Å². The second-order valence-corrected chi connectivity index (χ2v) is 7.61. The molecule has 1 fully saturated rings. The van der Waals surface area contributed by atoms with Crippen LogP contribution in [-0.2, 0) is 10.2 Å². The molecular weight excluding hydrogens is 398 g/mol. The smallest absolute Gasteiger partial charge is 0.301 e. The van der Waals surface area contributed by atoms with Crippen molar-refractivity contribution in [2.75, 3.05) is 24.4 Å². The maximum atomic E-state index is 13.0. The Hall–Kier alpha value is -0.450. The van der Waals surface area contributed by atoms with Gasteiger partial charge in [-0.3, -0.25) is 4.72 Å². The van der Waals surface area contributed by atoms with Gasteiger partial charge in [-0.2, -0.15) is 12.7 Å². The first-order chi connectivity index (χ1) is 9.42. The molecule has 1 aliphatic heterocycles. The topological polar surface area (TPSA) is 69.6 Å². The summed E-state index contributed by atoms with van der Waals surface area (Å²) in [5, 5.41) is 9.15. The molecule has 1 unspecified atom stereocenters. The number of rotatable bonds is 4. The van der Waals surface area contributed by atoms with Crippen molar-refractivity contribution in [2.24, 2.45) is 5.92 Å². The monoisotopic (exact) mass is 414 g/mol. The third kappa shape index (κ3) is 3.80. The first kappa shape index (κ1) is 15.9. The standard InChI is InChI=1S/C12H16FIN2O3S/c13-10-3-4-12(11(14)6-10)15-20(18,19)16-5-1-2-9(7-16)8-17/h3-4,6,9,15,17H,1-2,5,7-8H2. The molecule has 0 spiro atoms. The largest absolute Gasteiger partial charge is 0.396 e. The van der Waals surface area contributed by atoms with Gasteiger partial charge in [-0.25, -0.2) is 4.39 Å². The molecule has 0 saturated carbocycles. The zero-order chi connectivity index (χ0) is 14.8. The zero-order valence-corrected chi connectivity index (χ0v) is 13.7. The number of piperidine rings is 1. The summed E-state index contributed by atoms with van der Waals surface area (Å²) in [5.41, 5.74) is 0.359. The van der Waals surface area contributed by atoms with Gasteiger partial charge in [0.15, 0.2) is 0 Å². The van der Waals surface area contributed by atoms with Gasteiger partial charge >= 0.3 is 10.2 Å². The average molecular weight is 414 g/mol. The first-order valence-electron chi connectivity index (χ1n) is 6.26. The normalized spacial score (nSPS) is 20.9. The van der Waals surface area contributed by atoms with Crippen molar-refractivity contribution in [1.29, 1.82) is 0 Å². The summed E-state index contributed by atoms with van der Waals surface area (Å²) in [6.45, 7) is 0.729. The van der Waals surface area contributed by atoms with Crippen molar-refractivity contribution in [2.45, 2.75) is 12.8 Å². The van der Waals surface area contributed by atoms with Crippen LogP contribution in [-0.4, -0.2) is 37.5 Å². The van der Waals surface area contributed by atoms with E-state index in [4.69, 9.17) is 5.11 Å². The Balaban J connectivity index is 2.14. The summed E-state index contributed by atoms with van der Waals surface area (Å²) in [5.74, 6) is -0.428. The molecule has 0 aliphatic carbocycles. The van der Waals surface area contributed by atoms with Crippen LogP contribution >= 0.6 is 22.6 Å². The van der Waals surface area contributed by atoms with Crippen LogP contribution in [0, 0.1) is 15.3 Å². The fourth-order valence-corrected chi connectivity index (χ4v) is 4.33. The van der Waals surface area contributed by atoms with Crippen molar-refractivity contribution in [3.8, 4) is 0 Å². The minimum atomic E-state index is -3.67. The molecule has 20 heavy (non-hydrogen) atoms. The molecule has 0 aromatic heterocycles. The SMILES string of the molecule is O=S(=O)(Nc1ccc(F)cc1I)N1CCCC(CO)C1. The number of hydrogen-bond acceptors (Lipinski definition) is 3. The van der Waals surface area contributed by atoms with E-state index in [-0.39, 0.29) is 12.5 Å². The Morgan fingerprint density at radius 2 is 2.25 bits per heavy atom. The second kappa shape index (κ2) is 6.54. The molecule has 1 atom stereocenters. The lowest BCUT2D eigenvalue weighted by Gasteiger charge is -2.31. The molecular formula is C12H16FIN2O3S. The number of benzene rings is 1. The lowest BCUT2D eigenvalue weighted by Crippen LogP contribution is -2.43. The predicted octanol–water partition coefficient (Wildman–Crippen LogP) is 1.79. The predicted molar refractivity (Wildman–Crippen MR) is 83.0 cm³/mol. The molecule has 2 rings (SSSR count). The summed E-state index contributed by atoms with van der Waals surface area (Å²) in [4.78, 5) is 0. The second-order valence-electron chi connectivity index (χ2n) is 4.78. The quantitative estimate of drug-likeness (QED) is 0.739. The van der Waals surface area contributed by atoms with Crippen LogP contribution in [0.2, 0.25) is 0 Å². The number of nitrogens with one attached hydrogen (secondary N) is 1. The third-order valence-corrected chi connectivity index (χ3v) is 5.63. The lowest BCUT2D eigenvalue weighted by atomic mass is 10.0. The van der Waals surface area contributed by atoms with E-state index < -0.39 is 16.0 Å². The average Bonchev–Trinajstić information content (AvgIpc) is 2.42. The molecule has 0 amide bonds. The van der Waals surface area contributed by atoms with Crippen molar-refractivity contribution < 1.29 is 17.9 Å². The van der Waals surface area contributed by atoms with Gasteiger partial charge in [0.25, 0.3) is 0 Å². The van der Waals surface area contributed by atoms with Gasteiger partial charge in [0.05, 0.1) is 5.69 Å². The summed E-state index contributed by atoms with van der Waals surface area (Å²) in [6.07, 6.45) is 1.56. The Kier molecular flexibility index (Phi) is 5.21. The summed E-state index contributed by atoms with van der Waals surface area (Å²) in [6, 6.07) is 3.89. The lowest BCUT2D eigenvalue weighted by molar-refractivity contribution is 0.166. The number of hydrogen-bond donors (Lipinski definition) is 2. The van der Waals surface area contributed by atoms with Gasteiger partial charge in [0.1, 0.15) is 5.82 Å². The van der Waals surface area contributed by atoms with E-state index >= 15 is 0 Å². The van der Waals surface area contributed by atoms with Gasteiger partial charge in [-0.05, 0) is 59.5 Å². The molecule has 1 aromatic carbocycles. The van der Waals surface area contributed by atoms with E-state index in [9.17, 15) is 12.8 Å². The van der Waals surface area contributed by atoms with Gasteiger partial charge in [-0.1, -0.05) is 0 Å². The summed E-state index contributed by atoms with van der Waals surface area (Å²) >= 11 is 1.88. The minimum absolute atomic E-state index is 0.0138. The highest BCUT2D eigenvalue weighted by Crippen LogP contribution is 2.23. The van der Waals surface area contributed by atoms with Crippen molar-refractivity contribution in [3.05, 3.63) is 27.6 Å². The van der Waals surface area contributed by atoms with Gasteiger partial charge in [-0.15, -0.1) is 0 Å². The molecule has 1 heterocycles. The number of anilines is 1. The highest BCUT2D eigenvalue weighted by Gasteiger charge is 2.28. The van der Waals surface area contributed by atoms with Crippen molar-refractivity contribution in [1.82, 2.24) is 4.31 Å². The van der Waals surface area contributed by atoms with Crippen LogP contribution in [0.5, 0.6) is 0 Å². The van der Waals surface area contributed by atoms with Gasteiger partial charge in [0.2, 0.25) is 0 Å². The Morgan fingerprint density at radius 3 is 2.90 bits per heavy atom. The van der Waals surface area contributed by atoms with Gasteiger partial charge < -0.3 is 5.11 Å². The molecule has 1 saturated heterocycles. The maximum Gasteiger partial charge on any atom is 0.301 e. The Bertz CT molecular complexity index is 582. The zero-order valence-electron chi connectivity index (χ0n) is 10.7. The third-order valence-electron chi connectivity index (χ3n) is 3.25. The fraction of sp³-hybridized carbons (Fsp3) is 0.500. The minimum Gasteiger partial charge on any atom is -0.396 e. The highest BCUT2D eigenvalue weighted by atomic mass is 127. The van der Waals surface area contributed by atoms with Crippen LogP contribution in [0.25, 0.3) is 0 Å². The Morgan fingerprint density at radius 1 is 1.50 bits per heavy atom. The Labute approximate surface area is 131 Å². The van der Waals surface area contributed by atoms with E-state index in [0.717, 1.165) is 12.8 Å². The van der Waals surface area contributed by atoms with E-state index in [0.29, 0.717) is 22.3 Å². The maximum absolute atomic E-state index is 13.0. The molecule has 8 heteroatoms. The van der Waals surface area contributed by atoms with Crippen molar-refractivity contribution in [3.63, 3.8) is 0 Å². The molecule has 5 nitrogen and oxygen atoms in total. The molecule has 1 aliphatic rings. The van der Waals surface area contributed by atoms with Crippen LogP contribution in [0.15, 0.2) is 18.2 Å². The van der Waals surface area contributed by atoms with Crippen LogP contribution in [0.1, 0.15) is 12.8 Å². The fourth-order valence-electron chi connectivity index (χ4n) is 2.17. The number of nitrogens with zero attached hydrogens (tertiary/aromatic N) is 1. The van der Waals surface area contributed by atoms with Crippen LogP contribution in [0.4, 0.5) is 10.1 Å². The van der Waals surface area contributed by atoms with Crippen molar-refractivity contribution >= 4 is 38.5 Å². The number of aliphatic hydroxyl groups is 1. The summed E-state index contributed by atoms with van der Waals surface area (Å²) in [7, 11) is -3.67. The molecule has 2 N–H and O–H groups in total. The summed E-state index contributed by atoms with van der Waals surface area (Å²) < 4.78 is 41.9. The number of halogens is 2. The van der Waals surface area contributed by atoms with E-state index in [1.165, 1.54) is 22.5 Å². The van der Waals surface area contributed by atoms with E-state index in [2.05, 4.69) is 4.72 Å². The highest BCUT2D eigenvalue weighted by molar-refractivity contribution is 14.1. The van der Waals surface area contributed by atoms with Gasteiger partial charge in [0, 0.05) is 23.3 Å². The van der Waals surface area contributed by atoms with Crippen LogP contribution in [0.3, 0.4) is 0 Å². The number of aliphatic hydroxyl groups excluding tert-OH is 1. The molecule has 1 aromatic rings. The first-order valence-corrected chi connectivity index (χ1v) is 8.78. The molecule has 0 radical (unpaired) electrons. The van der Waals surface area contributed by atoms with Crippen LogP contribution < -0.4 is 4.72 Å².